The summed E-state index contributed by atoms with van der Waals surface area (Å²) in [5.41, 5.74) is 0.417. The number of nitrogens with one attached hydrogen (secondary N) is 1. The van der Waals surface area contributed by atoms with Gasteiger partial charge in [-0.1, -0.05) is 6.07 Å². The van der Waals surface area contributed by atoms with Crippen LogP contribution in [-0.2, 0) is 0 Å². The molecule has 4 aliphatic carbocycles. The normalized spacial score (nSPS) is 35.6. The lowest BCUT2D eigenvalue weighted by Gasteiger charge is -2.57. The molecule has 4 saturated carbocycles. The number of urea groups is 1. The third-order valence-corrected chi connectivity index (χ3v) is 7.32. The van der Waals surface area contributed by atoms with Gasteiger partial charge in [0.25, 0.3) is 0 Å². The summed E-state index contributed by atoms with van der Waals surface area (Å²) in [6.07, 6.45) is 10.3. The molecular formula is C21H30N4O. The van der Waals surface area contributed by atoms with Gasteiger partial charge in [0.2, 0.25) is 0 Å². The minimum atomic E-state index is 0.140. The van der Waals surface area contributed by atoms with Crippen LogP contribution in [-0.4, -0.2) is 48.6 Å². The average Bonchev–Trinajstić information content (AvgIpc) is 2.66. The molecule has 5 nitrogen and oxygen atoms in total. The van der Waals surface area contributed by atoms with Crippen LogP contribution in [0.15, 0.2) is 24.4 Å². The van der Waals surface area contributed by atoms with Crippen LogP contribution in [0.5, 0.6) is 0 Å². The van der Waals surface area contributed by atoms with E-state index in [0.717, 1.165) is 56.3 Å². The highest BCUT2D eigenvalue weighted by Crippen LogP contribution is 2.59. The van der Waals surface area contributed by atoms with Crippen molar-refractivity contribution in [2.24, 2.45) is 23.2 Å². The summed E-state index contributed by atoms with van der Waals surface area (Å²) in [6, 6.07) is 6.15. The SMILES string of the molecule is O=C(NCC12CC3CC(CC(C3)C1)C2)N1CCN(c2ccccn2)CC1. The second-order valence-electron chi connectivity index (χ2n) is 9.24. The number of anilines is 1. The predicted octanol–water partition coefficient (Wildman–Crippen LogP) is 3.13. The van der Waals surface area contributed by atoms with Crippen molar-refractivity contribution in [2.45, 2.75) is 38.5 Å². The van der Waals surface area contributed by atoms with E-state index in [1.807, 2.05) is 29.3 Å². The molecule has 1 aromatic heterocycles. The van der Waals surface area contributed by atoms with Crippen LogP contribution in [0.3, 0.4) is 0 Å². The van der Waals surface area contributed by atoms with Crippen LogP contribution in [0.4, 0.5) is 10.6 Å². The van der Waals surface area contributed by atoms with Gasteiger partial charge in [-0.25, -0.2) is 9.78 Å². The van der Waals surface area contributed by atoms with Crippen LogP contribution >= 0.6 is 0 Å². The summed E-state index contributed by atoms with van der Waals surface area (Å²) < 4.78 is 0. The lowest BCUT2D eigenvalue weighted by Crippen LogP contribution is -2.55. The van der Waals surface area contributed by atoms with Crippen LogP contribution < -0.4 is 10.2 Å². The quantitative estimate of drug-likeness (QED) is 0.907. The second kappa shape index (κ2) is 6.43. The Labute approximate surface area is 156 Å². The molecule has 1 saturated heterocycles. The van der Waals surface area contributed by atoms with Gasteiger partial charge < -0.3 is 15.1 Å². The third-order valence-electron chi connectivity index (χ3n) is 7.32. The largest absolute Gasteiger partial charge is 0.353 e. The molecule has 1 N–H and O–H groups in total. The zero-order valence-electron chi connectivity index (χ0n) is 15.6. The Bertz CT molecular complexity index is 618. The first-order chi connectivity index (χ1) is 12.7. The van der Waals surface area contributed by atoms with Crippen molar-refractivity contribution in [1.29, 1.82) is 0 Å². The number of hydrogen-bond donors (Lipinski definition) is 1. The van der Waals surface area contributed by atoms with Crippen LogP contribution in [0.1, 0.15) is 38.5 Å². The number of carbonyl (C=O) groups excluding carboxylic acids is 1. The Morgan fingerprint density at radius 2 is 1.69 bits per heavy atom. The number of pyridine rings is 1. The number of aromatic nitrogens is 1. The molecule has 4 bridgehead atoms. The molecule has 5 heteroatoms. The molecule has 26 heavy (non-hydrogen) atoms. The molecule has 2 heterocycles. The smallest absolute Gasteiger partial charge is 0.317 e. The van der Waals surface area contributed by atoms with Gasteiger partial charge in [0.15, 0.2) is 0 Å². The van der Waals surface area contributed by atoms with E-state index in [9.17, 15) is 4.79 Å². The van der Waals surface area contributed by atoms with Gasteiger partial charge in [0, 0.05) is 38.9 Å². The van der Waals surface area contributed by atoms with Gasteiger partial charge in [-0.05, 0) is 73.8 Å². The standard InChI is InChI=1S/C21H30N4O/c26-20(25-7-5-24(6-8-25)19-3-1-2-4-22-19)23-15-21-12-16-9-17(13-21)11-18(10-16)14-21/h1-4,16-18H,5-15H2,(H,23,26). The van der Waals surface area contributed by atoms with Crippen molar-refractivity contribution in [3.05, 3.63) is 24.4 Å². The number of hydrogen-bond acceptors (Lipinski definition) is 3. The van der Waals surface area contributed by atoms with E-state index >= 15 is 0 Å². The first-order valence-corrected chi connectivity index (χ1v) is 10.4. The van der Waals surface area contributed by atoms with Gasteiger partial charge in [-0.15, -0.1) is 0 Å². The van der Waals surface area contributed by atoms with Gasteiger partial charge in [0.1, 0.15) is 5.82 Å². The molecule has 5 fully saturated rings. The summed E-state index contributed by atoms with van der Waals surface area (Å²) in [7, 11) is 0. The average molecular weight is 354 g/mol. The summed E-state index contributed by atoms with van der Waals surface area (Å²) in [4.78, 5) is 21.4. The molecule has 6 rings (SSSR count). The van der Waals surface area contributed by atoms with E-state index in [2.05, 4.69) is 15.2 Å². The Morgan fingerprint density at radius 3 is 2.27 bits per heavy atom. The Hall–Kier alpha value is -1.78. The van der Waals surface area contributed by atoms with Gasteiger partial charge in [0.05, 0.1) is 0 Å². The Morgan fingerprint density at radius 1 is 1.04 bits per heavy atom. The maximum Gasteiger partial charge on any atom is 0.317 e. The third kappa shape index (κ3) is 3.06. The molecule has 0 radical (unpaired) electrons. The van der Waals surface area contributed by atoms with Gasteiger partial charge >= 0.3 is 6.03 Å². The first kappa shape index (κ1) is 16.4. The van der Waals surface area contributed by atoms with Gasteiger partial charge in [-0.2, -0.15) is 0 Å². The van der Waals surface area contributed by atoms with Crippen molar-refractivity contribution in [1.82, 2.24) is 15.2 Å². The molecule has 2 amide bonds. The summed E-state index contributed by atoms with van der Waals surface area (Å²) >= 11 is 0. The fourth-order valence-corrected chi connectivity index (χ4v) is 6.56. The van der Waals surface area contributed by atoms with Crippen molar-refractivity contribution in [3.8, 4) is 0 Å². The number of rotatable bonds is 3. The van der Waals surface area contributed by atoms with Gasteiger partial charge in [-0.3, -0.25) is 0 Å². The molecule has 0 atom stereocenters. The van der Waals surface area contributed by atoms with Crippen molar-refractivity contribution in [2.75, 3.05) is 37.6 Å². The minimum absolute atomic E-state index is 0.140. The van der Waals surface area contributed by atoms with E-state index in [1.54, 1.807) is 0 Å². The molecule has 1 aromatic rings. The van der Waals surface area contributed by atoms with E-state index < -0.39 is 0 Å². The van der Waals surface area contributed by atoms with Crippen molar-refractivity contribution < 1.29 is 4.79 Å². The zero-order chi connectivity index (χ0) is 17.6. The molecule has 5 aliphatic rings. The predicted molar refractivity (Wildman–Crippen MR) is 102 cm³/mol. The first-order valence-electron chi connectivity index (χ1n) is 10.4. The lowest BCUT2D eigenvalue weighted by molar-refractivity contribution is -0.0502. The number of nitrogens with zero attached hydrogens (tertiary/aromatic N) is 3. The zero-order valence-corrected chi connectivity index (χ0v) is 15.6. The second-order valence-corrected chi connectivity index (χ2v) is 9.24. The molecule has 140 valence electrons. The monoisotopic (exact) mass is 354 g/mol. The highest BCUT2D eigenvalue weighted by molar-refractivity contribution is 5.74. The van der Waals surface area contributed by atoms with Crippen molar-refractivity contribution >= 4 is 11.8 Å². The van der Waals surface area contributed by atoms with Crippen LogP contribution in [0.2, 0.25) is 0 Å². The Kier molecular flexibility index (Phi) is 4.06. The summed E-state index contributed by atoms with van der Waals surface area (Å²) in [5, 5.41) is 3.32. The summed E-state index contributed by atoms with van der Waals surface area (Å²) in [6.45, 7) is 4.19. The van der Waals surface area contributed by atoms with E-state index in [0.29, 0.717) is 5.41 Å². The number of piperazine rings is 1. The molecule has 0 spiro atoms. The molecule has 0 aromatic carbocycles. The molecule has 1 aliphatic heterocycles. The molecule has 0 unspecified atom stereocenters. The van der Waals surface area contributed by atoms with Crippen LogP contribution in [0.25, 0.3) is 0 Å². The van der Waals surface area contributed by atoms with E-state index in [4.69, 9.17) is 0 Å². The maximum absolute atomic E-state index is 12.7. The number of carbonyl (C=O) groups is 1. The lowest BCUT2D eigenvalue weighted by atomic mass is 9.49. The highest BCUT2D eigenvalue weighted by atomic mass is 16.2. The van der Waals surface area contributed by atoms with Crippen LogP contribution in [0, 0.1) is 23.2 Å². The topological polar surface area (TPSA) is 48.5 Å². The molecular weight excluding hydrogens is 324 g/mol. The van der Waals surface area contributed by atoms with E-state index in [1.165, 1.54) is 38.5 Å². The summed E-state index contributed by atoms with van der Waals surface area (Å²) in [5.74, 6) is 3.85. The fraction of sp³-hybridized carbons (Fsp3) is 0.714. The fourth-order valence-electron chi connectivity index (χ4n) is 6.56. The van der Waals surface area contributed by atoms with Crippen molar-refractivity contribution in [3.63, 3.8) is 0 Å². The minimum Gasteiger partial charge on any atom is -0.353 e. The van der Waals surface area contributed by atoms with E-state index in [-0.39, 0.29) is 6.03 Å². The Balaban J connectivity index is 1.14. The number of amides is 2. The highest BCUT2D eigenvalue weighted by Gasteiger charge is 2.50. The maximum atomic E-state index is 12.7.